The third-order valence-corrected chi connectivity index (χ3v) is 9.51. The quantitative estimate of drug-likeness (QED) is 0.520. The van der Waals surface area contributed by atoms with Gasteiger partial charge in [-0.3, -0.25) is 4.79 Å². The van der Waals surface area contributed by atoms with Crippen LogP contribution in [0.25, 0.3) is 10.2 Å². The Balaban J connectivity index is 1.66. The van der Waals surface area contributed by atoms with E-state index in [4.69, 9.17) is 4.74 Å². The number of thiophene rings is 1. The first-order valence-corrected chi connectivity index (χ1v) is 13.0. The summed E-state index contributed by atoms with van der Waals surface area (Å²) < 4.78 is 62.3. The van der Waals surface area contributed by atoms with Gasteiger partial charge in [0.15, 0.2) is 10.6 Å². The monoisotopic (exact) mass is 501 g/mol. The maximum absolute atomic E-state index is 14.5. The Morgan fingerprint density at radius 1 is 1.34 bits per heavy atom. The summed E-state index contributed by atoms with van der Waals surface area (Å²) in [7, 11) is -2.16. The molecule has 12 heteroatoms. The van der Waals surface area contributed by atoms with Gasteiger partial charge in [0.05, 0.1) is 22.7 Å². The Kier molecular flexibility index (Phi) is 6.86. The molecule has 4 rings (SSSR count). The third-order valence-electron chi connectivity index (χ3n) is 5.24. The fourth-order valence-electron chi connectivity index (χ4n) is 3.69. The molecule has 0 N–H and O–H groups in total. The molecule has 0 aliphatic carbocycles. The first kappa shape index (κ1) is 23.2. The molecule has 1 amide bonds. The van der Waals surface area contributed by atoms with Gasteiger partial charge in [-0.2, -0.15) is 9.30 Å². The smallest absolute Gasteiger partial charge is 0.252 e. The molecule has 32 heavy (non-hydrogen) atoms. The molecule has 3 aromatic rings. The summed E-state index contributed by atoms with van der Waals surface area (Å²) in [5.41, 5.74) is 0.158. The lowest BCUT2D eigenvalue weighted by Crippen LogP contribution is -2.42. The topological polar surface area (TPSA) is 81.0 Å². The van der Waals surface area contributed by atoms with E-state index >= 15 is 0 Å². The van der Waals surface area contributed by atoms with Crippen LogP contribution in [0.2, 0.25) is 0 Å². The number of fused-ring (bicyclic) bond motifs is 1. The van der Waals surface area contributed by atoms with Crippen LogP contribution >= 0.6 is 22.7 Å². The normalized spacial score (nSPS) is 18.5. The Morgan fingerprint density at radius 2 is 2.16 bits per heavy atom. The Labute approximate surface area is 191 Å². The summed E-state index contributed by atoms with van der Waals surface area (Å²) in [6, 6.07) is 5.20. The molecule has 7 nitrogen and oxygen atoms in total. The number of sulfonamides is 1. The molecule has 1 fully saturated rings. The summed E-state index contributed by atoms with van der Waals surface area (Å²) in [5, 5.41) is 1.69. The van der Waals surface area contributed by atoms with Crippen LogP contribution in [0.1, 0.15) is 12.8 Å². The number of benzene rings is 1. The van der Waals surface area contributed by atoms with E-state index in [0.29, 0.717) is 24.1 Å². The summed E-state index contributed by atoms with van der Waals surface area (Å²) in [5.74, 6) is -2.54. The van der Waals surface area contributed by atoms with Crippen molar-refractivity contribution in [3.8, 4) is 0 Å². The molecular formula is C20H21F2N3O4S3. The first-order chi connectivity index (χ1) is 15.3. The average Bonchev–Trinajstić information content (AvgIpc) is 3.41. The second-order valence-electron chi connectivity index (χ2n) is 7.35. The number of ether oxygens (including phenoxy) is 1. The van der Waals surface area contributed by atoms with Crippen LogP contribution in [0.5, 0.6) is 0 Å². The van der Waals surface area contributed by atoms with Crippen LogP contribution in [-0.2, 0) is 26.1 Å². The van der Waals surface area contributed by atoms with Crippen molar-refractivity contribution in [3.63, 3.8) is 0 Å². The van der Waals surface area contributed by atoms with Crippen LogP contribution in [0.4, 0.5) is 8.78 Å². The van der Waals surface area contributed by atoms with Crippen molar-refractivity contribution in [2.75, 3.05) is 26.8 Å². The molecule has 1 unspecified atom stereocenters. The van der Waals surface area contributed by atoms with Gasteiger partial charge in [-0.15, -0.1) is 11.3 Å². The number of amides is 1. The maximum atomic E-state index is 14.5. The number of nitrogens with zero attached hydrogens (tertiary/aromatic N) is 3. The van der Waals surface area contributed by atoms with Crippen molar-refractivity contribution < 1.29 is 26.7 Å². The number of rotatable bonds is 6. The molecule has 1 aromatic carbocycles. The van der Waals surface area contributed by atoms with Crippen LogP contribution in [0.15, 0.2) is 38.8 Å². The van der Waals surface area contributed by atoms with Gasteiger partial charge >= 0.3 is 0 Å². The number of carbonyl (C=O) groups is 1. The number of aromatic nitrogens is 1. The fraction of sp³-hybridized carbons (Fsp3) is 0.400. The lowest BCUT2D eigenvalue weighted by atomic mass is 9.99. The van der Waals surface area contributed by atoms with Crippen molar-refractivity contribution in [3.05, 3.63) is 46.1 Å². The predicted octanol–water partition coefficient (Wildman–Crippen LogP) is 3.22. The molecule has 1 aliphatic rings. The summed E-state index contributed by atoms with van der Waals surface area (Å²) >= 11 is 2.14. The standard InChI is InChI=1S/C20H21F2N3O4S3/c1-29-8-7-25-18-15(22)10-14(21)11-16(18)31-20(25)23-19(26)13-4-2-6-24(12-13)32(27,28)17-5-3-9-30-17/h3,5,9-11,13H,2,4,6-8,12H2,1H3. The summed E-state index contributed by atoms with van der Waals surface area (Å²) in [6.07, 6.45) is 1.04. The molecular weight excluding hydrogens is 480 g/mol. The van der Waals surface area contributed by atoms with Crippen molar-refractivity contribution >= 4 is 48.8 Å². The average molecular weight is 502 g/mol. The van der Waals surface area contributed by atoms with Gasteiger partial charge in [0.25, 0.3) is 15.9 Å². The lowest BCUT2D eigenvalue weighted by molar-refractivity contribution is -0.122. The van der Waals surface area contributed by atoms with Gasteiger partial charge < -0.3 is 9.30 Å². The second-order valence-corrected chi connectivity index (χ2v) is 11.5. The van der Waals surface area contributed by atoms with Crippen LogP contribution in [0, 0.1) is 17.6 Å². The van der Waals surface area contributed by atoms with Crippen molar-refractivity contribution in [2.24, 2.45) is 10.9 Å². The van der Waals surface area contributed by atoms with Gasteiger partial charge in [0, 0.05) is 32.8 Å². The maximum Gasteiger partial charge on any atom is 0.252 e. The molecule has 172 valence electrons. The van der Waals surface area contributed by atoms with Crippen molar-refractivity contribution in [2.45, 2.75) is 23.6 Å². The van der Waals surface area contributed by atoms with Crippen LogP contribution in [0.3, 0.4) is 0 Å². The number of hydrogen-bond donors (Lipinski definition) is 0. The molecule has 2 aromatic heterocycles. The molecule has 1 aliphatic heterocycles. The molecule has 0 bridgehead atoms. The zero-order chi connectivity index (χ0) is 22.9. The summed E-state index contributed by atoms with van der Waals surface area (Å²) in [4.78, 5) is 17.4. The fourth-order valence-corrected chi connectivity index (χ4v) is 7.46. The largest absolute Gasteiger partial charge is 0.383 e. The number of piperidine rings is 1. The van der Waals surface area contributed by atoms with Gasteiger partial charge in [-0.1, -0.05) is 17.4 Å². The lowest BCUT2D eigenvalue weighted by Gasteiger charge is -2.29. The molecule has 1 saturated heterocycles. The van der Waals surface area contributed by atoms with Gasteiger partial charge in [0.1, 0.15) is 10.0 Å². The van der Waals surface area contributed by atoms with Crippen LogP contribution in [-0.4, -0.2) is 50.0 Å². The van der Waals surface area contributed by atoms with E-state index in [9.17, 15) is 22.0 Å². The van der Waals surface area contributed by atoms with Gasteiger partial charge in [0.2, 0.25) is 0 Å². The van der Waals surface area contributed by atoms with Crippen molar-refractivity contribution in [1.29, 1.82) is 0 Å². The zero-order valence-electron chi connectivity index (χ0n) is 17.2. The van der Waals surface area contributed by atoms with Crippen molar-refractivity contribution in [1.82, 2.24) is 8.87 Å². The highest BCUT2D eigenvalue weighted by Gasteiger charge is 2.33. The third kappa shape index (κ3) is 4.55. The van der Waals surface area contributed by atoms with E-state index < -0.39 is 33.5 Å². The number of thiazole rings is 1. The number of halogens is 2. The highest BCUT2D eigenvalue weighted by atomic mass is 32.2. The SMILES string of the molecule is COCCn1c(=NC(=O)C2CCCN(S(=O)(=O)c3cccs3)C2)sc2cc(F)cc(F)c21. The van der Waals surface area contributed by atoms with E-state index in [-0.39, 0.29) is 34.2 Å². The highest BCUT2D eigenvalue weighted by molar-refractivity contribution is 7.91. The van der Waals surface area contributed by atoms with E-state index in [0.717, 1.165) is 28.7 Å². The molecule has 3 heterocycles. The molecule has 0 spiro atoms. The molecule has 0 radical (unpaired) electrons. The van der Waals surface area contributed by atoms with E-state index in [1.54, 1.807) is 17.5 Å². The molecule has 0 saturated carbocycles. The number of carbonyl (C=O) groups excluding carboxylic acids is 1. The van der Waals surface area contributed by atoms with E-state index in [2.05, 4.69) is 4.99 Å². The number of methoxy groups -OCH3 is 1. The minimum Gasteiger partial charge on any atom is -0.383 e. The minimum absolute atomic E-state index is 0.0362. The second kappa shape index (κ2) is 9.48. The first-order valence-electron chi connectivity index (χ1n) is 9.91. The summed E-state index contributed by atoms with van der Waals surface area (Å²) in [6.45, 7) is 0.856. The number of hydrogen-bond acceptors (Lipinski definition) is 6. The van der Waals surface area contributed by atoms with Gasteiger partial charge in [-0.05, 0) is 30.4 Å². The predicted molar refractivity (Wildman–Crippen MR) is 118 cm³/mol. The Bertz CT molecular complexity index is 1300. The van der Waals surface area contributed by atoms with E-state index in [1.165, 1.54) is 22.0 Å². The van der Waals surface area contributed by atoms with Gasteiger partial charge in [-0.25, -0.2) is 17.2 Å². The molecule has 1 atom stereocenters. The van der Waals surface area contributed by atoms with Crippen LogP contribution < -0.4 is 4.80 Å². The Hall–Kier alpha value is -1.99. The zero-order valence-corrected chi connectivity index (χ0v) is 19.6. The van der Waals surface area contributed by atoms with E-state index in [1.807, 2.05) is 0 Å². The minimum atomic E-state index is -3.66. The Morgan fingerprint density at radius 3 is 2.88 bits per heavy atom. The highest BCUT2D eigenvalue weighted by Crippen LogP contribution is 2.27.